The lowest BCUT2D eigenvalue weighted by Gasteiger charge is -2.26. The highest BCUT2D eigenvalue weighted by atomic mass is 16.6. The van der Waals surface area contributed by atoms with E-state index < -0.39 is 48.0 Å². The quantitative estimate of drug-likeness (QED) is 0.0297. The van der Waals surface area contributed by atoms with Gasteiger partial charge >= 0.3 is 59.7 Å². The molecule has 3 aromatic rings. The Bertz CT molecular complexity index is 2830. The Morgan fingerprint density at radius 2 is 0.835 bits per heavy atom. The number of rotatable bonds is 27. The molecule has 0 heterocycles. The van der Waals surface area contributed by atoms with Crippen molar-refractivity contribution in [2.45, 2.75) is 157 Å². The van der Waals surface area contributed by atoms with Crippen molar-refractivity contribution in [1.29, 1.82) is 0 Å². The van der Waals surface area contributed by atoms with E-state index in [9.17, 15) is 47.9 Å². The topological polar surface area (TPSA) is 263 Å². The second kappa shape index (κ2) is 35.2. The van der Waals surface area contributed by atoms with Crippen LogP contribution in [0.15, 0.2) is 78.9 Å². The molecule has 85 heavy (non-hydrogen) atoms. The summed E-state index contributed by atoms with van der Waals surface area (Å²) in [6.07, 6.45) is 3.65. The van der Waals surface area contributed by atoms with Crippen molar-refractivity contribution in [3.8, 4) is 17.2 Å². The Kier molecular flexibility index (Phi) is 28.7. The number of ether oxygens (including phenoxy) is 10. The summed E-state index contributed by atoms with van der Waals surface area (Å²) in [6.45, 7) is 21.2. The van der Waals surface area contributed by atoms with Gasteiger partial charge in [0, 0.05) is 24.0 Å². The first-order chi connectivity index (χ1) is 40.3. The van der Waals surface area contributed by atoms with Gasteiger partial charge < -0.3 is 47.4 Å². The molecule has 0 aliphatic heterocycles. The number of carbonyl (C=O) groups is 10. The van der Waals surface area contributed by atoms with Crippen molar-refractivity contribution in [1.82, 2.24) is 0 Å². The molecule has 3 aromatic carbocycles. The van der Waals surface area contributed by atoms with Crippen molar-refractivity contribution in [3.05, 3.63) is 112 Å². The van der Waals surface area contributed by atoms with E-state index in [2.05, 4.69) is 20.1 Å². The van der Waals surface area contributed by atoms with Gasteiger partial charge in [-0.05, 0) is 170 Å². The normalized spacial score (nSPS) is 16.9. The highest BCUT2D eigenvalue weighted by Gasteiger charge is 2.34. The molecule has 2 unspecified atom stereocenters. The van der Waals surface area contributed by atoms with Gasteiger partial charge in [0.25, 0.3) is 0 Å². The van der Waals surface area contributed by atoms with Crippen molar-refractivity contribution in [2.75, 3.05) is 33.5 Å². The molecular formula is C65H82O20. The van der Waals surface area contributed by atoms with Crippen molar-refractivity contribution >= 4 is 59.7 Å². The molecule has 2 aliphatic carbocycles. The standard InChI is InChI=1S/C37H46O10.C28H36O10/c1-22(2)35(40)45-24(4)21-44-34(39)17-16-33(38)43-19-18-28-8-14-31(15-9-28)46-36(41)29-10-12-30(13-11-29)37(42)47-32-20-23(3)25(5)26(6)27(32)7;1-18(2)26(31)36-17-19(3)37-25(30)14-13-24(29)35-16-15-20-5-11-23(12-6-20)38-28(33)22-9-7-21(8-10-22)27(32)34-4/h8-9,14-15,20,24,29-30H,1,10-13,16-19,21H2,2-7H3;5-6,11-12,19,21-22H,1,7-10,13-17H2,2-4H3. The Labute approximate surface area is 497 Å². The Morgan fingerprint density at radius 1 is 0.459 bits per heavy atom. The lowest BCUT2D eigenvalue weighted by Crippen LogP contribution is -2.30. The molecule has 20 heteroatoms. The lowest BCUT2D eigenvalue weighted by atomic mass is 9.82. The first kappa shape index (κ1) is 69.3. The van der Waals surface area contributed by atoms with Crippen molar-refractivity contribution in [3.63, 3.8) is 0 Å². The van der Waals surface area contributed by atoms with E-state index in [-0.39, 0.29) is 111 Å². The minimum Gasteiger partial charge on any atom is -0.469 e. The Balaban J connectivity index is 0.000000373. The summed E-state index contributed by atoms with van der Waals surface area (Å²) in [4.78, 5) is 120. The average Bonchev–Trinajstić information content (AvgIpc) is 3.20. The molecule has 0 saturated heterocycles. The van der Waals surface area contributed by atoms with Gasteiger partial charge in [-0.2, -0.15) is 0 Å². The molecule has 2 fully saturated rings. The number of aryl methyl sites for hydroxylation is 1. The molecule has 0 radical (unpaired) electrons. The number of esters is 10. The summed E-state index contributed by atoms with van der Waals surface area (Å²) in [6, 6.07) is 15.8. The van der Waals surface area contributed by atoms with Crippen LogP contribution >= 0.6 is 0 Å². The van der Waals surface area contributed by atoms with Crippen LogP contribution in [0.5, 0.6) is 17.2 Å². The number of hydrogen-bond acceptors (Lipinski definition) is 20. The lowest BCUT2D eigenvalue weighted by molar-refractivity contribution is -0.158. The fourth-order valence-electron chi connectivity index (χ4n) is 8.97. The first-order valence-corrected chi connectivity index (χ1v) is 28.7. The van der Waals surface area contributed by atoms with E-state index >= 15 is 0 Å². The predicted octanol–water partition coefficient (Wildman–Crippen LogP) is 9.64. The van der Waals surface area contributed by atoms with E-state index in [0.29, 0.717) is 81.5 Å². The summed E-state index contributed by atoms with van der Waals surface area (Å²) < 4.78 is 52.1. The minimum atomic E-state index is -0.648. The number of methoxy groups -OCH3 is 1. The van der Waals surface area contributed by atoms with Crippen molar-refractivity contribution < 1.29 is 95.3 Å². The zero-order valence-electron chi connectivity index (χ0n) is 50.5. The maximum absolute atomic E-state index is 12.9. The van der Waals surface area contributed by atoms with Crippen LogP contribution in [0.4, 0.5) is 0 Å². The maximum Gasteiger partial charge on any atom is 0.333 e. The third-order valence-corrected chi connectivity index (χ3v) is 14.6. The predicted molar refractivity (Wildman–Crippen MR) is 309 cm³/mol. The van der Waals surface area contributed by atoms with Gasteiger partial charge in [0.2, 0.25) is 0 Å². The third kappa shape index (κ3) is 24.5. The van der Waals surface area contributed by atoms with Gasteiger partial charge in [0.15, 0.2) is 0 Å². The molecule has 462 valence electrons. The highest BCUT2D eigenvalue weighted by molar-refractivity contribution is 5.87. The second-order valence-electron chi connectivity index (χ2n) is 21.5. The average molecular weight is 1180 g/mol. The summed E-state index contributed by atoms with van der Waals surface area (Å²) >= 11 is 0. The molecule has 20 nitrogen and oxygen atoms in total. The van der Waals surface area contributed by atoms with E-state index in [1.54, 1.807) is 62.4 Å². The molecule has 0 spiro atoms. The van der Waals surface area contributed by atoms with Crippen molar-refractivity contribution in [2.24, 2.45) is 23.7 Å². The zero-order valence-corrected chi connectivity index (χ0v) is 50.5. The van der Waals surface area contributed by atoms with Crippen LogP contribution < -0.4 is 14.2 Å². The van der Waals surface area contributed by atoms with Crippen LogP contribution in [0.1, 0.15) is 138 Å². The molecule has 0 N–H and O–H groups in total. The molecule has 0 amide bonds. The zero-order chi connectivity index (χ0) is 62.8. The maximum atomic E-state index is 12.9. The van der Waals surface area contributed by atoms with Gasteiger partial charge in [-0.25, -0.2) is 9.59 Å². The molecule has 2 aliphatic rings. The van der Waals surface area contributed by atoms with Crippen LogP contribution in [0.2, 0.25) is 0 Å². The molecule has 0 bridgehead atoms. The van der Waals surface area contributed by atoms with Gasteiger partial charge in [0.05, 0.1) is 69.7 Å². The molecule has 5 rings (SSSR count). The Morgan fingerprint density at radius 3 is 1.26 bits per heavy atom. The second-order valence-corrected chi connectivity index (χ2v) is 21.5. The largest absolute Gasteiger partial charge is 0.469 e. The first-order valence-electron chi connectivity index (χ1n) is 28.7. The van der Waals surface area contributed by atoms with Crippen LogP contribution in [-0.2, 0) is 93.9 Å². The van der Waals surface area contributed by atoms with Crippen LogP contribution in [-0.4, -0.2) is 105 Å². The summed E-state index contributed by atoms with van der Waals surface area (Å²) in [5.41, 5.74) is 6.62. The third-order valence-electron chi connectivity index (χ3n) is 14.6. The van der Waals surface area contributed by atoms with Crippen LogP contribution in [0.3, 0.4) is 0 Å². The molecule has 0 aromatic heterocycles. The van der Waals surface area contributed by atoms with Gasteiger partial charge in [-0.1, -0.05) is 37.4 Å². The monoisotopic (exact) mass is 1180 g/mol. The number of hydrogen-bond donors (Lipinski definition) is 0. The summed E-state index contributed by atoms with van der Waals surface area (Å²) in [7, 11) is 1.37. The van der Waals surface area contributed by atoms with Gasteiger partial charge in [0.1, 0.15) is 42.7 Å². The Hall–Kier alpha value is -8.16. The van der Waals surface area contributed by atoms with E-state index in [1.807, 2.05) is 26.8 Å². The van der Waals surface area contributed by atoms with Gasteiger partial charge in [-0.15, -0.1) is 0 Å². The smallest absolute Gasteiger partial charge is 0.333 e. The number of carbonyl (C=O) groups excluding carboxylic acids is 10. The fraction of sp³-hybridized carbons (Fsp3) is 0.508. The van der Waals surface area contributed by atoms with E-state index in [1.165, 1.54) is 26.5 Å². The molecule has 2 saturated carbocycles. The number of benzene rings is 3. The SMILES string of the molecule is C=C(C)C(=O)OC(C)COC(=O)CCC(=O)OCCc1ccc(OC(=O)C2CCC(C(=O)Oc3cc(C)c(C)c(C)c3C)CC2)cc1.C=C(C)C(=O)OCC(C)OC(=O)CCC(=O)OCCc1ccc(OC(=O)C2CCC(C(=O)OC)CC2)cc1. The highest BCUT2D eigenvalue weighted by Crippen LogP contribution is 2.34. The van der Waals surface area contributed by atoms with Crippen LogP contribution in [0, 0.1) is 51.4 Å². The fourth-order valence-corrected chi connectivity index (χ4v) is 8.97. The summed E-state index contributed by atoms with van der Waals surface area (Å²) in [5.74, 6) is -4.00. The van der Waals surface area contributed by atoms with Crippen LogP contribution in [0.25, 0.3) is 0 Å². The van der Waals surface area contributed by atoms with E-state index in [4.69, 9.17) is 47.4 Å². The minimum absolute atomic E-state index is 0.0993. The van der Waals surface area contributed by atoms with E-state index in [0.717, 1.165) is 27.8 Å². The van der Waals surface area contributed by atoms with Gasteiger partial charge in [-0.3, -0.25) is 38.4 Å². The molecular weight excluding hydrogens is 1100 g/mol. The molecule has 2 atom stereocenters. The summed E-state index contributed by atoms with van der Waals surface area (Å²) in [5, 5.41) is 0.